The van der Waals surface area contributed by atoms with Crippen LogP contribution in [0.5, 0.6) is 11.5 Å². The van der Waals surface area contributed by atoms with Crippen LogP contribution in [0.3, 0.4) is 0 Å². The van der Waals surface area contributed by atoms with Crippen LogP contribution >= 0.6 is 28.3 Å². The predicted octanol–water partition coefficient (Wildman–Crippen LogP) is 4.44. The zero-order valence-corrected chi connectivity index (χ0v) is 17.5. The van der Waals surface area contributed by atoms with E-state index >= 15 is 0 Å². The largest absolute Gasteiger partial charge is 0.493 e. The van der Waals surface area contributed by atoms with Gasteiger partial charge in [0.25, 0.3) is 0 Å². The molecule has 0 aliphatic heterocycles. The van der Waals surface area contributed by atoms with Crippen LogP contribution in [0.15, 0.2) is 65.7 Å². The Morgan fingerprint density at radius 1 is 1.15 bits per heavy atom. The second kappa shape index (κ2) is 11.0. The molecule has 144 valence electrons. The average molecular weight is 453 g/mol. The molecule has 0 saturated heterocycles. The molecular weight excluding hydrogens is 430 g/mol. The van der Waals surface area contributed by atoms with Crippen molar-refractivity contribution in [3.8, 4) is 11.5 Å². The summed E-state index contributed by atoms with van der Waals surface area (Å²) in [6.45, 7) is 3.00. The highest BCUT2D eigenvalue weighted by molar-refractivity contribution is 9.10. The Morgan fingerprint density at radius 2 is 1.96 bits per heavy atom. The summed E-state index contributed by atoms with van der Waals surface area (Å²) in [6, 6.07) is 14.2. The summed E-state index contributed by atoms with van der Waals surface area (Å²) in [7, 11) is 1.66. The van der Waals surface area contributed by atoms with Gasteiger partial charge in [0.15, 0.2) is 11.5 Å². The van der Waals surface area contributed by atoms with Crippen molar-refractivity contribution in [3.63, 3.8) is 0 Å². The third-order valence-corrected chi connectivity index (χ3v) is 4.54. The normalized spacial score (nSPS) is 10.3. The highest BCUT2D eigenvalue weighted by Crippen LogP contribution is 2.37. The van der Waals surface area contributed by atoms with Gasteiger partial charge in [-0.2, -0.15) is 0 Å². The van der Waals surface area contributed by atoms with E-state index < -0.39 is 0 Å². The molecule has 0 spiro atoms. The molecule has 0 aliphatic rings. The van der Waals surface area contributed by atoms with Crippen molar-refractivity contribution < 1.29 is 9.47 Å². The molecule has 27 heavy (non-hydrogen) atoms. The summed E-state index contributed by atoms with van der Waals surface area (Å²) in [5.41, 5.74) is 2.25. The average Bonchev–Trinajstić information content (AvgIpc) is 3.18. The number of hydrogen-bond donors (Lipinski definition) is 1. The zero-order chi connectivity index (χ0) is 18.2. The van der Waals surface area contributed by atoms with Crippen LogP contribution < -0.4 is 14.8 Å². The number of nitrogens with zero attached hydrogens (tertiary/aromatic N) is 2. The number of methoxy groups -OCH3 is 1. The van der Waals surface area contributed by atoms with Crippen LogP contribution in [-0.4, -0.2) is 23.2 Å². The first-order chi connectivity index (χ1) is 12.8. The van der Waals surface area contributed by atoms with E-state index in [0.29, 0.717) is 6.61 Å². The Morgan fingerprint density at radius 3 is 2.67 bits per heavy atom. The number of aromatic nitrogens is 2. The molecule has 0 aliphatic carbocycles. The zero-order valence-electron chi connectivity index (χ0n) is 15.1. The van der Waals surface area contributed by atoms with Crippen LogP contribution in [0.1, 0.15) is 11.1 Å². The number of benzene rings is 2. The molecule has 0 atom stereocenters. The maximum absolute atomic E-state index is 5.97. The van der Waals surface area contributed by atoms with E-state index in [0.717, 1.165) is 46.7 Å². The van der Waals surface area contributed by atoms with Crippen LogP contribution in [0.4, 0.5) is 0 Å². The van der Waals surface area contributed by atoms with Gasteiger partial charge in [0, 0.05) is 32.0 Å². The smallest absolute Gasteiger partial charge is 0.175 e. The minimum Gasteiger partial charge on any atom is -0.493 e. The maximum Gasteiger partial charge on any atom is 0.175 e. The van der Waals surface area contributed by atoms with Crippen molar-refractivity contribution in [2.24, 2.45) is 0 Å². The van der Waals surface area contributed by atoms with E-state index in [1.165, 1.54) is 0 Å². The number of nitrogens with one attached hydrogen (secondary N) is 1. The molecule has 0 radical (unpaired) electrons. The van der Waals surface area contributed by atoms with Gasteiger partial charge in [0.05, 0.1) is 17.9 Å². The molecule has 0 saturated carbocycles. The van der Waals surface area contributed by atoms with Gasteiger partial charge in [0.1, 0.15) is 6.61 Å². The van der Waals surface area contributed by atoms with Crippen molar-refractivity contribution in [1.29, 1.82) is 0 Å². The number of rotatable bonds is 9. The van der Waals surface area contributed by atoms with Gasteiger partial charge in [0.2, 0.25) is 0 Å². The van der Waals surface area contributed by atoms with Gasteiger partial charge < -0.3 is 19.4 Å². The molecule has 3 aromatic rings. The van der Waals surface area contributed by atoms with Crippen LogP contribution in [0.2, 0.25) is 0 Å². The van der Waals surface area contributed by atoms with Crippen molar-refractivity contribution in [1.82, 2.24) is 14.9 Å². The Hall–Kier alpha value is -2.02. The van der Waals surface area contributed by atoms with Gasteiger partial charge in [-0.05, 0) is 39.2 Å². The standard InChI is InChI=1S/C20H22BrN3O2.ClH/c1-25-19-12-17(13-22-7-9-24-10-8-23-15-24)11-18(21)20(19)26-14-16-5-3-2-4-6-16;/h2-6,8,10-12,15,22H,7,9,13-14H2,1H3;1H. The summed E-state index contributed by atoms with van der Waals surface area (Å²) in [5, 5.41) is 3.43. The van der Waals surface area contributed by atoms with E-state index in [4.69, 9.17) is 9.47 Å². The molecular formula is C20H23BrClN3O2. The first kappa shape index (κ1) is 21.3. The Kier molecular flexibility index (Phi) is 8.64. The van der Waals surface area contributed by atoms with Crippen molar-refractivity contribution >= 4 is 28.3 Å². The lowest BCUT2D eigenvalue weighted by Gasteiger charge is -2.15. The summed E-state index contributed by atoms with van der Waals surface area (Å²) >= 11 is 3.61. The van der Waals surface area contributed by atoms with Crippen molar-refractivity contribution in [3.05, 3.63) is 76.8 Å². The molecule has 1 heterocycles. The van der Waals surface area contributed by atoms with Crippen molar-refractivity contribution in [2.75, 3.05) is 13.7 Å². The lowest BCUT2D eigenvalue weighted by Crippen LogP contribution is -2.19. The minimum absolute atomic E-state index is 0. The fourth-order valence-electron chi connectivity index (χ4n) is 2.60. The van der Waals surface area contributed by atoms with E-state index in [2.05, 4.69) is 32.3 Å². The minimum atomic E-state index is 0. The molecule has 3 rings (SSSR count). The lowest BCUT2D eigenvalue weighted by molar-refractivity contribution is 0.282. The van der Waals surface area contributed by atoms with E-state index in [9.17, 15) is 0 Å². The highest BCUT2D eigenvalue weighted by Gasteiger charge is 2.12. The second-order valence-corrected chi connectivity index (χ2v) is 6.71. The lowest BCUT2D eigenvalue weighted by atomic mass is 10.2. The predicted molar refractivity (Wildman–Crippen MR) is 113 cm³/mol. The number of hydrogen-bond acceptors (Lipinski definition) is 4. The molecule has 0 fully saturated rings. The SMILES string of the molecule is COc1cc(CNCCn2ccnc2)cc(Br)c1OCc1ccccc1.Cl. The Bertz CT molecular complexity index is 814. The summed E-state index contributed by atoms with van der Waals surface area (Å²) in [5.74, 6) is 1.44. The fraction of sp³-hybridized carbons (Fsp3) is 0.250. The van der Waals surface area contributed by atoms with Gasteiger partial charge >= 0.3 is 0 Å². The molecule has 1 N–H and O–H groups in total. The maximum atomic E-state index is 5.97. The molecule has 2 aromatic carbocycles. The number of ether oxygens (including phenoxy) is 2. The summed E-state index contributed by atoms with van der Waals surface area (Å²) < 4.78 is 14.4. The fourth-order valence-corrected chi connectivity index (χ4v) is 3.21. The van der Waals surface area contributed by atoms with E-state index in [1.54, 1.807) is 13.3 Å². The van der Waals surface area contributed by atoms with Gasteiger partial charge in [-0.15, -0.1) is 12.4 Å². The second-order valence-electron chi connectivity index (χ2n) is 5.86. The Labute approximate surface area is 174 Å². The summed E-state index contributed by atoms with van der Waals surface area (Å²) in [6.07, 6.45) is 5.57. The first-order valence-corrected chi connectivity index (χ1v) is 9.25. The van der Waals surface area contributed by atoms with Crippen LogP contribution in [0.25, 0.3) is 0 Å². The van der Waals surface area contributed by atoms with E-state index in [-0.39, 0.29) is 12.4 Å². The molecule has 1 aromatic heterocycles. The molecule has 0 amide bonds. The topological polar surface area (TPSA) is 48.3 Å². The van der Waals surface area contributed by atoms with E-state index in [1.807, 2.05) is 53.5 Å². The number of imidazole rings is 1. The molecule has 5 nitrogen and oxygen atoms in total. The molecule has 0 bridgehead atoms. The molecule has 0 unspecified atom stereocenters. The van der Waals surface area contributed by atoms with Crippen molar-refractivity contribution in [2.45, 2.75) is 19.7 Å². The Balaban J connectivity index is 0.00000261. The monoisotopic (exact) mass is 451 g/mol. The number of halogens is 2. The molecule has 7 heteroatoms. The summed E-state index contributed by atoms with van der Waals surface area (Å²) in [4.78, 5) is 4.04. The van der Waals surface area contributed by atoms with Gasteiger partial charge in [-0.25, -0.2) is 4.98 Å². The quantitative estimate of drug-likeness (QED) is 0.488. The van der Waals surface area contributed by atoms with Crippen LogP contribution in [-0.2, 0) is 19.7 Å². The highest BCUT2D eigenvalue weighted by atomic mass is 79.9. The van der Waals surface area contributed by atoms with Gasteiger partial charge in [-0.3, -0.25) is 0 Å². The third-order valence-electron chi connectivity index (χ3n) is 3.95. The van der Waals surface area contributed by atoms with Crippen LogP contribution in [0, 0.1) is 0 Å². The first-order valence-electron chi connectivity index (χ1n) is 8.46. The third kappa shape index (κ3) is 6.27. The van der Waals surface area contributed by atoms with Gasteiger partial charge in [-0.1, -0.05) is 30.3 Å².